The Balaban J connectivity index is 1.19. The fraction of sp³-hybridized carbons (Fsp3) is 0.833. The highest BCUT2D eigenvalue weighted by molar-refractivity contribution is 6.21. The van der Waals surface area contributed by atoms with Crippen molar-refractivity contribution in [2.75, 3.05) is 26.2 Å². The molecular formula is C24H36BClN6O. The minimum Gasteiger partial charge on any atom is -0.342 e. The minimum absolute atomic E-state index is 0.115. The summed E-state index contributed by atoms with van der Waals surface area (Å²) in [6, 6.07) is 0. The summed E-state index contributed by atoms with van der Waals surface area (Å²) in [6.45, 7) is 3.50. The SMILES string of the molecule is [B]C1C=NN2C(NCC3C=NCCC3)CC(C3CCN(C(=O)C4CCCC(Cl)C4)CC3)=NC12. The molecule has 5 rings (SSSR count). The molecule has 0 aromatic rings. The first-order valence-corrected chi connectivity index (χ1v) is 13.3. The lowest BCUT2D eigenvalue weighted by Gasteiger charge is -2.41. The van der Waals surface area contributed by atoms with Crippen molar-refractivity contribution < 1.29 is 4.79 Å². The van der Waals surface area contributed by atoms with Crippen molar-refractivity contribution in [1.29, 1.82) is 0 Å². The standard InChI is InChI=1S/C24H36BClN6O/c25-20-15-29-32-22(28-14-16-3-2-8-27-13-16)12-21(30-23(20)32)17-6-9-31(10-7-17)24(33)18-4-1-5-19(26)11-18/h13,15-20,22-23,28H,1-12,14H2. The number of fused-ring (bicyclic) bond motifs is 1. The normalized spacial score (nSPS) is 37.2. The molecule has 1 saturated carbocycles. The predicted octanol–water partition coefficient (Wildman–Crippen LogP) is 2.85. The van der Waals surface area contributed by atoms with E-state index in [9.17, 15) is 4.79 Å². The number of piperidine rings is 1. The van der Waals surface area contributed by atoms with Gasteiger partial charge in [0.25, 0.3) is 0 Å². The quantitative estimate of drug-likeness (QED) is 0.496. The van der Waals surface area contributed by atoms with E-state index in [-0.39, 0.29) is 29.4 Å². The number of hydrazone groups is 1. The van der Waals surface area contributed by atoms with Gasteiger partial charge in [-0.25, -0.2) is 0 Å². The average Bonchev–Trinajstić information content (AvgIpc) is 3.23. The Bertz CT molecular complexity index is 798. The molecule has 2 fully saturated rings. The van der Waals surface area contributed by atoms with Crippen LogP contribution in [0.5, 0.6) is 0 Å². The Morgan fingerprint density at radius 2 is 2.00 bits per heavy atom. The number of amides is 1. The molecule has 4 heterocycles. The van der Waals surface area contributed by atoms with Crippen LogP contribution < -0.4 is 5.32 Å². The fourth-order valence-corrected chi connectivity index (χ4v) is 6.44. The van der Waals surface area contributed by atoms with E-state index < -0.39 is 0 Å². The number of alkyl halides is 1. The van der Waals surface area contributed by atoms with Crippen LogP contribution in [0, 0.1) is 17.8 Å². The smallest absolute Gasteiger partial charge is 0.225 e. The molecular weight excluding hydrogens is 435 g/mol. The molecule has 6 atom stereocenters. The third-order valence-electron chi connectivity index (χ3n) is 8.04. The van der Waals surface area contributed by atoms with Gasteiger partial charge in [0.15, 0.2) is 0 Å². The molecule has 1 aliphatic carbocycles. The number of likely N-dealkylation sites (tertiary alicyclic amines) is 1. The van der Waals surface area contributed by atoms with Gasteiger partial charge in [-0.1, -0.05) is 6.42 Å². The van der Waals surface area contributed by atoms with Gasteiger partial charge in [0, 0.05) is 79.7 Å². The Morgan fingerprint density at radius 1 is 1.15 bits per heavy atom. The second kappa shape index (κ2) is 10.5. The van der Waals surface area contributed by atoms with Gasteiger partial charge >= 0.3 is 0 Å². The first-order valence-electron chi connectivity index (χ1n) is 12.9. The summed E-state index contributed by atoms with van der Waals surface area (Å²) in [7, 11) is 6.33. The van der Waals surface area contributed by atoms with E-state index in [1.807, 2.05) is 6.21 Å². The molecule has 178 valence electrons. The zero-order chi connectivity index (χ0) is 22.8. The molecule has 0 aromatic carbocycles. The summed E-state index contributed by atoms with van der Waals surface area (Å²) < 4.78 is 0. The monoisotopic (exact) mass is 470 g/mol. The number of nitrogens with zero attached hydrogens (tertiary/aromatic N) is 5. The topological polar surface area (TPSA) is 72.7 Å². The number of nitrogens with one attached hydrogen (secondary N) is 1. The number of rotatable bonds is 5. The Labute approximate surface area is 203 Å². The molecule has 4 aliphatic heterocycles. The highest BCUT2D eigenvalue weighted by Crippen LogP contribution is 2.34. The highest BCUT2D eigenvalue weighted by Gasteiger charge is 2.40. The van der Waals surface area contributed by atoms with Crippen LogP contribution in [0.3, 0.4) is 0 Å². The van der Waals surface area contributed by atoms with Gasteiger partial charge in [0.1, 0.15) is 12.3 Å². The summed E-state index contributed by atoms with van der Waals surface area (Å²) in [5.41, 5.74) is 1.25. The number of carbonyl (C=O) groups excluding carboxylic acids is 1. The van der Waals surface area contributed by atoms with Gasteiger partial charge in [0.05, 0.1) is 7.85 Å². The summed E-state index contributed by atoms with van der Waals surface area (Å²) in [5, 5.41) is 10.5. The molecule has 1 amide bonds. The lowest BCUT2D eigenvalue weighted by Crippen LogP contribution is -2.53. The van der Waals surface area contributed by atoms with Crippen molar-refractivity contribution in [3.63, 3.8) is 0 Å². The molecule has 2 radical (unpaired) electrons. The molecule has 0 aromatic heterocycles. The first kappa shape index (κ1) is 23.3. The second-order valence-electron chi connectivity index (χ2n) is 10.4. The average molecular weight is 471 g/mol. The van der Waals surface area contributed by atoms with E-state index in [0.29, 0.717) is 17.7 Å². The second-order valence-corrected chi connectivity index (χ2v) is 11.0. The Kier molecular flexibility index (Phi) is 7.40. The van der Waals surface area contributed by atoms with E-state index in [1.165, 1.54) is 18.6 Å². The Morgan fingerprint density at radius 3 is 2.76 bits per heavy atom. The van der Waals surface area contributed by atoms with Crippen molar-refractivity contribution in [2.45, 2.75) is 81.3 Å². The molecule has 7 nitrogen and oxygen atoms in total. The van der Waals surface area contributed by atoms with Gasteiger partial charge in [-0.15, -0.1) is 11.6 Å². The van der Waals surface area contributed by atoms with Gasteiger partial charge in [-0.3, -0.25) is 25.1 Å². The molecule has 1 saturated heterocycles. The fourth-order valence-electron chi connectivity index (χ4n) is 6.07. The highest BCUT2D eigenvalue weighted by atomic mass is 35.5. The van der Waals surface area contributed by atoms with E-state index >= 15 is 0 Å². The van der Waals surface area contributed by atoms with Crippen molar-refractivity contribution in [2.24, 2.45) is 32.8 Å². The molecule has 0 bridgehead atoms. The zero-order valence-corrected chi connectivity index (χ0v) is 20.2. The zero-order valence-electron chi connectivity index (χ0n) is 19.5. The van der Waals surface area contributed by atoms with Gasteiger partial charge < -0.3 is 4.90 Å². The number of halogens is 1. The largest absolute Gasteiger partial charge is 0.342 e. The summed E-state index contributed by atoms with van der Waals surface area (Å²) in [6.07, 6.45) is 13.0. The predicted molar refractivity (Wildman–Crippen MR) is 134 cm³/mol. The van der Waals surface area contributed by atoms with Crippen LogP contribution in [0.4, 0.5) is 0 Å². The maximum Gasteiger partial charge on any atom is 0.225 e. The summed E-state index contributed by atoms with van der Waals surface area (Å²) >= 11 is 6.34. The number of carbonyl (C=O) groups is 1. The first-order chi connectivity index (χ1) is 16.1. The van der Waals surface area contributed by atoms with E-state index in [0.717, 1.165) is 71.1 Å². The lowest BCUT2D eigenvalue weighted by atomic mass is 9.83. The van der Waals surface area contributed by atoms with E-state index in [4.69, 9.17) is 24.4 Å². The van der Waals surface area contributed by atoms with Crippen LogP contribution >= 0.6 is 11.6 Å². The number of hydrogen-bond acceptors (Lipinski definition) is 6. The maximum absolute atomic E-state index is 13.0. The van der Waals surface area contributed by atoms with Crippen molar-refractivity contribution >= 4 is 43.5 Å². The molecule has 0 spiro atoms. The molecule has 1 N–H and O–H groups in total. The van der Waals surface area contributed by atoms with Crippen LogP contribution in [-0.4, -0.2) is 85.7 Å². The number of hydrogen-bond donors (Lipinski definition) is 1. The molecule has 6 unspecified atom stereocenters. The van der Waals surface area contributed by atoms with E-state index in [2.05, 4.69) is 31.5 Å². The lowest BCUT2D eigenvalue weighted by molar-refractivity contribution is -0.137. The van der Waals surface area contributed by atoms with Crippen LogP contribution in [-0.2, 0) is 4.79 Å². The van der Waals surface area contributed by atoms with Gasteiger partial charge in [-0.2, -0.15) is 5.10 Å². The maximum atomic E-state index is 13.0. The molecule has 33 heavy (non-hydrogen) atoms. The number of aliphatic imine (C=N–C) groups is 2. The summed E-state index contributed by atoms with van der Waals surface area (Å²) in [5.74, 6) is 1.16. The van der Waals surface area contributed by atoms with Crippen LogP contribution in [0.15, 0.2) is 15.1 Å². The van der Waals surface area contributed by atoms with E-state index in [1.54, 1.807) is 0 Å². The minimum atomic E-state index is -0.169. The summed E-state index contributed by atoms with van der Waals surface area (Å²) in [4.78, 5) is 24.6. The van der Waals surface area contributed by atoms with Crippen molar-refractivity contribution in [1.82, 2.24) is 15.2 Å². The third-order valence-corrected chi connectivity index (χ3v) is 8.44. The van der Waals surface area contributed by atoms with Crippen molar-refractivity contribution in [3.8, 4) is 0 Å². The van der Waals surface area contributed by atoms with Crippen LogP contribution in [0.1, 0.15) is 57.8 Å². The third kappa shape index (κ3) is 5.32. The van der Waals surface area contributed by atoms with Crippen LogP contribution in [0.25, 0.3) is 0 Å². The van der Waals surface area contributed by atoms with Crippen LogP contribution in [0.2, 0.25) is 5.82 Å². The van der Waals surface area contributed by atoms with Crippen molar-refractivity contribution in [3.05, 3.63) is 0 Å². The van der Waals surface area contributed by atoms with Gasteiger partial charge in [-0.05, 0) is 44.9 Å². The van der Waals surface area contributed by atoms with Gasteiger partial charge in [0.2, 0.25) is 5.91 Å². The molecule has 9 heteroatoms. The Hall–Kier alpha value is -1.41. The molecule has 5 aliphatic rings.